The number of urea groups is 1. The molecule has 3 amide bonds. The number of carbonyl (C=O) groups excluding carboxylic acids is 2. The van der Waals surface area contributed by atoms with Gasteiger partial charge in [0.1, 0.15) is 11.8 Å². The third-order valence-corrected chi connectivity index (χ3v) is 3.98. The molecule has 2 aromatic carbocycles. The van der Waals surface area contributed by atoms with Crippen molar-refractivity contribution in [2.45, 2.75) is 25.6 Å². The van der Waals surface area contributed by atoms with Crippen LogP contribution in [0.25, 0.3) is 0 Å². The summed E-state index contributed by atoms with van der Waals surface area (Å²) in [5.74, 6) is -0.376. The Morgan fingerprint density at radius 2 is 1.59 bits per heavy atom. The molecule has 6 nitrogen and oxygen atoms in total. The summed E-state index contributed by atoms with van der Waals surface area (Å²) in [4.78, 5) is 23.5. The van der Waals surface area contributed by atoms with Crippen LogP contribution >= 0.6 is 0 Å². The number of carbonyl (C=O) groups is 2. The van der Waals surface area contributed by atoms with E-state index < -0.39 is 24.6 Å². The van der Waals surface area contributed by atoms with Crippen molar-refractivity contribution in [1.29, 1.82) is 0 Å². The molecule has 27 heavy (non-hydrogen) atoms. The monoisotopic (exact) mass is 378 g/mol. The topological polar surface area (TPSA) is 84.0 Å². The van der Waals surface area contributed by atoms with Crippen LogP contribution < -0.4 is 20.7 Å². The van der Waals surface area contributed by atoms with Gasteiger partial charge < -0.3 is 15.4 Å². The molecule has 0 aliphatic rings. The normalized spacial score (nSPS) is 12.9. The number of benzene rings is 2. The Hall–Kier alpha value is -3.00. The molecule has 8 heteroatoms. The number of hydrogen-bond donors (Lipinski definition) is 3. The number of alkyl halides is 2. The first-order valence-corrected chi connectivity index (χ1v) is 8.38. The molecule has 0 aliphatic carbocycles. The first kappa shape index (κ1) is 20.3. The minimum Gasteiger partial charge on any atom is -0.435 e. The fourth-order valence-electron chi connectivity index (χ4n) is 2.60. The Bertz CT molecular complexity index is 755. The van der Waals surface area contributed by atoms with Crippen LogP contribution in [0.2, 0.25) is 0 Å². The lowest BCUT2D eigenvalue weighted by Crippen LogP contribution is -2.93. The van der Waals surface area contributed by atoms with Gasteiger partial charge in [-0.1, -0.05) is 30.3 Å². The van der Waals surface area contributed by atoms with Crippen LogP contribution in [0.1, 0.15) is 24.1 Å². The Morgan fingerprint density at radius 3 is 2.15 bits per heavy atom. The lowest BCUT2D eigenvalue weighted by molar-refractivity contribution is -0.704. The number of nitrogens with two attached hydrogens (primary N) is 1. The second-order valence-electron chi connectivity index (χ2n) is 5.89. The molecular formula is C19H22F2N3O3+. The molecule has 4 N–H and O–H groups in total. The highest BCUT2D eigenvalue weighted by molar-refractivity contribution is 5.95. The Labute approximate surface area is 155 Å². The van der Waals surface area contributed by atoms with Crippen LogP contribution in [0.3, 0.4) is 0 Å². The molecule has 0 heterocycles. The number of amides is 3. The smallest absolute Gasteiger partial charge is 0.387 e. The van der Waals surface area contributed by atoms with Gasteiger partial charge in [0.25, 0.3) is 5.91 Å². The van der Waals surface area contributed by atoms with Crippen molar-refractivity contribution in [3.8, 4) is 5.75 Å². The maximum atomic E-state index is 12.3. The molecule has 2 aromatic rings. The SMILES string of the molecule is CNC(=O)NC(=O)[C@H](C)[NH2+][C@H](c1ccccc1)c1ccc(OC(F)F)cc1. The molecule has 0 fully saturated rings. The van der Waals surface area contributed by atoms with Crippen molar-refractivity contribution in [3.05, 3.63) is 65.7 Å². The van der Waals surface area contributed by atoms with Crippen molar-refractivity contribution in [3.63, 3.8) is 0 Å². The van der Waals surface area contributed by atoms with Gasteiger partial charge in [0, 0.05) is 18.2 Å². The fourth-order valence-corrected chi connectivity index (χ4v) is 2.60. The second-order valence-corrected chi connectivity index (χ2v) is 5.89. The first-order valence-electron chi connectivity index (χ1n) is 8.38. The summed E-state index contributed by atoms with van der Waals surface area (Å²) in [5.41, 5.74) is 1.74. The van der Waals surface area contributed by atoms with Crippen LogP contribution in [-0.4, -0.2) is 31.6 Å². The summed E-state index contributed by atoms with van der Waals surface area (Å²) in [6, 6.07) is 14.3. The predicted molar refractivity (Wildman–Crippen MR) is 95.3 cm³/mol. The molecule has 0 aromatic heterocycles. The summed E-state index contributed by atoms with van der Waals surface area (Å²) < 4.78 is 29.0. The zero-order chi connectivity index (χ0) is 19.8. The predicted octanol–water partition coefficient (Wildman–Crippen LogP) is 1.78. The van der Waals surface area contributed by atoms with E-state index in [-0.39, 0.29) is 11.8 Å². The Kier molecular flexibility index (Phi) is 7.25. The number of ether oxygens (including phenoxy) is 1. The number of quaternary nitrogens is 1. The fraction of sp³-hybridized carbons (Fsp3) is 0.263. The number of rotatable bonds is 7. The van der Waals surface area contributed by atoms with Crippen LogP contribution in [0, 0.1) is 0 Å². The molecular weight excluding hydrogens is 356 g/mol. The van der Waals surface area contributed by atoms with Gasteiger partial charge in [0.2, 0.25) is 0 Å². The van der Waals surface area contributed by atoms with Gasteiger partial charge in [-0.05, 0) is 31.2 Å². The third-order valence-electron chi connectivity index (χ3n) is 3.98. The molecule has 144 valence electrons. The van der Waals surface area contributed by atoms with Gasteiger partial charge >= 0.3 is 12.6 Å². The summed E-state index contributed by atoms with van der Waals surface area (Å²) >= 11 is 0. The van der Waals surface area contributed by atoms with Crippen LogP contribution in [-0.2, 0) is 4.79 Å². The van der Waals surface area contributed by atoms with E-state index in [1.165, 1.54) is 19.2 Å². The molecule has 0 unspecified atom stereocenters. The second kappa shape index (κ2) is 9.63. The third kappa shape index (κ3) is 6.03. The van der Waals surface area contributed by atoms with Gasteiger partial charge in [0.15, 0.2) is 6.04 Å². The molecule has 0 spiro atoms. The van der Waals surface area contributed by atoms with Gasteiger partial charge in [-0.3, -0.25) is 10.1 Å². The highest BCUT2D eigenvalue weighted by Crippen LogP contribution is 2.22. The van der Waals surface area contributed by atoms with Gasteiger partial charge in [-0.2, -0.15) is 8.78 Å². The molecule has 0 radical (unpaired) electrons. The highest BCUT2D eigenvalue weighted by atomic mass is 19.3. The van der Waals surface area contributed by atoms with E-state index in [0.29, 0.717) is 0 Å². The molecule has 0 saturated heterocycles. The standard InChI is InChI=1S/C19H21F2N3O3/c1-12(17(25)24-19(26)22-2)23-16(13-6-4-3-5-7-13)14-8-10-15(11-9-14)27-18(20)21/h3-12,16,18,23H,1-2H3,(H2,22,24,25,26)/p+1/t12-,16+/m0/s1. The summed E-state index contributed by atoms with van der Waals surface area (Å²) in [6.45, 7) is -1.21. The number of imide groups is 1. The van der Waals surface area contributed by atoms with Gasteiger partial charge in [0.05, 0.1) is 0 Å². The van der Waals surface area contributed by atoms with E-state index in [1.54, 1.807) is 24.4 Å². The minimum absolute atomic E-state index is 0.0611. The van der Waals surface area contributed by atoms with Crippen LogP contribution in [0.5, 0.6) is 5.75 Å². The van der Waals surface area contributed by atoms with Crippen molar-refractivity contribution in [1.82, 2.24) is 10.6 Å². The Balaban J connectivity index is 2.22. The van der Waals surface area contributed by atoms with E-state index in [4.69, 9.17) is 0 Å². The average Bonchev–Trinajstić information content (AvgIpc) is 2.66. The highest BCUT2D eigenvalue weighted by Gasteiger charge is 2.25. The molecule has 2 rings (SSSR count). The number of hydrogen-bond acceptors (Lipinski definition) is 3. The maximum Gasteiger partial charge on any atom is 0.387 e. The quantitative estimate of drug-likeness (QED) is 0.687. The zero-order valence-electron chi connectivity index (χ0n) is 15.0. The van der Waals surface area contributed by atoms with E-state index in [0.717, 1.165) is 11.1 Å². The molecule has 0 saturated carbocycles. The molecule has 2 atom stereocenters. The molecule has 0 bridgehead atoms. The zero-order valence-corrected chi connectivity index (χ0v) is 15.0. The van der Waals surface area contributed by atoms with Gasteiger partial charge in [-0.15, -0.1) is 0 Å². The first-order chi connectivity index (χ1) is 12.9. The van der Waals surface area contributed by atoms with E-state index >= 15 is 0 Å². The van der Waals surface area contributed by atoms with Crippen molar-refractivity contribution < 1.29 is 28.4 Å². The summed E-state index contributed by atoms with van der Waals surface area (Å²) in [5, 5.41) is 6.38. The van der Waals surface area contributed by atoms with Crippen molar-refractivity contribution in [2.75, 3.05) is 7.05 Å². The van der Waals surface area contributed by atoms with Crippen LogP contribution in [0.4, 0.5) is 13.6 Å². The number of halogens is 2. The summed E-state index contributed by atoms with van der Waals surface area (Å²) in [6.07, 6.45) is 0. The lowest BCUT2D eigenvalue weighted by Gasteiger charge is -2.20. The van der Waals surface area contributed by atoms with Crippen molar-refractivity contribution in [2.24, 2.45) is 0 Å². The minimum atomic E-state index is -2.89. The van der Waals surface area contributed by atoms with Gasteiger partial charge in [-0.25, -0.2) is 4.79 Å². The van der Waals surface area contributed by atoms with Crippen LogP contribution in [0.15, 0.2) is 54.6 Å². The largest absolute Gasteiger partial charge is 0.435 e. The molecule has 0 aliphatic heterocycles. The lowest BCUT2D eigenvalue weighted by atomic mass is 9.97. The summed E-state index contributed by atoms with van der Waals surface area (Å²) in [7, 11) is 1.42. The Morgan fingerprint density at radius 1 is 1.00 bits per heavy atom. The number of nitrogens with one attached hydrogen (secondary N) is 2. The van der Waals surface area contributed by atoms with Crippen molar-refractivity contribution >= 4 is 11.9 Å². The van der Waals surface area contributed by atoms with E-state index in [1.807, 2.05) is 30.3 Å². The van der Waals surface area contributed by atoms with E-state index in [2.05, 4.69) is 15.4 Å². The maximum absolute atomic E-state index is 12.3. The average molecular weight is 378 g/mol. The van der Waals surface area contributed by atoms with E-state index in [9.17, 15) is 18.4 Å².